The molecule has 0 unspecified atom stereocenters. The summed E-state index contributed by atoms with van der Waals surface area (Å²) in [4.78, 5) is 17.0. The Hall–Kier alpha value is -1.68. The molecule has 3 nitrogen and oxygen atoms in total. The summed E-state index contributed by atoms with van der Waals surface area (Å²) in [5.41, 5.74) is 7.33. The summed E-state index contributed by atoms with van der Waals surface area (Å²) < 4.78 is 0. The first-order valence-electron chi connectivity index (χ1n) is 4.48. The number of hydrogen-bond acceptors (Lipinski definition) is 4. The van der Waals surface area contributed by atoms with Crippen molar-refractivity contribution in [1.29, 1.82) is 0 Å². The van der Waals surface area contributed by atoms with Crippen molar-refractivity contribution in [2.24, 2.45) is 0 Å². The summed E-state index contributed by atoms with van der Waals surface area (Å²) in [7, 11) is 0. The molecule has 4 heteroatoms. The van der Waals surface area contributed by atoms with Crippen LogP contribution in [0, 0.1) is 6.92 Å². The smallest absolute Gasteiger partial charge is 0.197 e. The van der Waals surface area contributed by atoms with Crippen LogP contribution in [-0.2, 0) is 0 Å². The molecule has 2 N–H and O–H groups in total. The van der Waals surface area contributed by atoms with E-state index in [1.165, 1.54) is 6.20 Å². The van der Waals surface area contributed by atoms with E-state index in [1.807, 2.05) is 18.4 Å². The molecule has 0 aromatic carbocycles. The van der Waals surface area contributed by atoms with Gasteiger partial charge in [-0.05, 0) is 19.1 Å². The zero-order valence-corrected chi connectivity index (χ0v) is 9.04. The van der Waals surface area contributed by atoms with Gasteiger partial charge >= 0.3 is 0 Å². The predicted octanol–water partition coefficient (Wildman–Crippen LogP) is 2.26. The summed E-state index contributed by atoms with van der Waals surface area (Å²) in [5.74, 6) is -0.0649. The third kappa shape index (κ3) is 1.89. The fraction of sp³-hybridized carbons (Fsp3) is 0.0909. The van der Waals surface area contributed by atoms with Gasteiger partial charge in [-0.2, -0.15) is 0 Å². The number of aromatic nitrogens is 1. The van der Waals surface area contributed by atoms with Crippen molar-refractivity contribution in [1.82, 2.24) is 4.98 Å². The number of aryl methyl sites for hydroxylation is 1. The van der Waals surface area contributed by atoms with E-state index < -0.39 is 0 Å². The zero-order chi connectivity index (χ0) is 10.8. The Morgan fingerprint density at radius 2 is 2.33 bits per heavy atom. The highest BCUT2D eigenvalue weighted by Crippen LogP contribution is 2.19. The van der Waals surface area contributed by atoms with Gasteiger partial charge in [0.2, 0.25) is 0 Å². The molecule has 2 heterocycles. The topological polar surface area (TPSA) is 56.0 Å². The van der Waals surface area contributed by atoms with Gasteiger partial charge < -0.3 is 5.73 Å². The van der Waals surface area contributed by atoms with Crippen LogP contribution in [0.5, 0.6) is 0 Å². The van der Waals surface area contributed by atoms with Crippen molar-refractivity contribution in [3.63, 3.8) is 0 Å². The van der Waals surface area contributed by atoms with Gasteiger partial charge in [0.05, 0.1) is 5.56 Å². The maximum atomic E-state index is 12.0. The van der Waals surface area contributed by atoms with Gasteiger partial charge in [0.25, 0.3) is 0 Å². The first-order valence-corrected chi connectivity index (χ1v) is 5.36. The highest BCUT2D eigenvalue weighted by molar-refractivity contribution is 7.10. The van der Waals surface area contributed by atoms with Crippen molar-refractivity contribution in [3.05, 3.63) is 45.9 Å². The van der Waals surface area contributed by atoms with Crippen molar-refractivity contribution >= 4 is 22.8 Å². The van der Waals surface area contributed by atoms with Crippen molar-refractivity contribution < 1.29 is 4.79 Å². The Morgan fingerprint density at radius 1 is 1.53 bits per heavy atom. The summed E-state index contributed by atoms with van der Waals surface area (Å²) >= 11 is 1.55. The third-order valence-electron chi connectivity index (χ3n) is 2.09. The third-order valence-corrected chi connectivity index (χ3v) is 2.95. The molecule has 0 bridgehead atoms. The minimum Gasteiger partial charge on any atom is -0.398 e. The molecular weight excluding hydrogens is 208 g/mol. The number of pyridine rings is 1. The second kappa shape index (κ2) is 3.82. The van der Waals surface area contributed by atoms with E-state index in [0.29, 0.717) is 16.8 Å². The van der Waals surface area contributed by atoms with Crippen molar-refractivity contribution in [3.8, 4) is 0 Å². The average Bonchev–Trinajstić information content (AvgIpc) is 2.65. The number of carbonyl (C=O) groups excluding carboxylic acids is 1. The Balaban J connectivity index is 2.41. The number of ketones is 1. The van der Waals surface area contributed by atoms with E-state index in [1.54, 1.807) is 23.6 Å². The lowest BCUT2D eigenvalue weighted by Gasteiger charge is -2.01. The molecule has 0 atom stereocenters. The van der Waals surface area contributed by atoms with Crippen LogP contribution in [0.15, 0.2) is 29.9 Å². The molecule has 0 amide bonds. The molecule has 0 aliphatic rings. The number of nitrogens with two attached hydrogens (primary N) is 1. The molecule has 0 aliphatic heterocycles. The zero-order valence-electron chi connectivity index (χ0n) is 8.23. The molecule has 0 fully saturated rings. The quantitative estimate of drug-likeness (QED) is 0.787. The van der Waals surface area contributed by atoms with Gasteiger partial charge in [-0.25, -0.2) is 0 Å². The molecule has 0 saturated heterocycles. The molecule has 2 aromatic rings. The molecule has 15 heavy (non-hydrogen) atoms. The molecular formula is C11H10N2OS. The molecule has 0 aliphatic carbocycles. The summed E-state index contributed by atoms with van der Waals surface area (Å²) in [6, 6.07) is 3.49. The van der Waals surface area contributed by atoms with Gasteiger partial charge in [-0.1, -0.05) is 0 Å². The largest absolute Gasteiger partial charge is 0.398 e. The number of carbonyl (C=O) groups is 1. The van der Waals surface area contributed by atoms with Crippen LogP contribution in [0.25, 0.3) is 0 Å². The highest BCUT2D eigenvalue weighted by Gasteiger charge is 2.13. The van der Waals surface area contributed by atoms with Crippen LogP contribution in [0.4, 0.5) is 5.69 Å². The van der Waals surface area contributed by atoms with E-state index in [-0.39, 0.29) is 5.78 Å². The monoisotopic (exact) mass is 218 g/mol. The van der Waals surface area contributed by atoms with E-state index >= 15 is 0 Å². The number of hydrogen-bond donors (Lipinski definition) is 1. The standard InChI is InChI=1S/C11H10N2OS/c1-7-4-8(6-15-7)11(14)9-5-13-3-2-10(9)12/h2-6H,1H3,(H2,12,13). The number of nitrogen functional groups attached to an aromatic ring is 1. The van der Waals surface area contributed by atoms with E-state index in [0.717, 1.165) is 4.88 Å². The van der Waals surface area contributed by atoms with E-state index in [4.69, 9.17) is 5.73 Å². The molecule has 2 rings (SSSR count). The Labute approximate surface area is 91.6 Å². The van der Waals surface area contributed by atoms with Crippen LogP contribution < -0.4 is 5.73 Å². The first kappa shape index (κ1) is 9.86. The van der Waals surface area contributed by atoms with Crippen LogP contribution in [0.1, 0.15) is 20.8 Å². The minimum atomic E-state index is -0.0649. The Morgan fingerprint density at radius 3 is 2.93 bits per heavy atom. The second-order valence-electron chi connectivity index (χ2n) is 3.24. The van der Waals surface area contributed by atoms with E-state index in [2.05, 4.69) is 4.98 Å². The van der Waals surface area contributed by atoms with Crippen molar-refractivity contribution in [2.75, 3.05) is 5.73 Å². The van der Waals surface area contributed by atoms with Crippen LogP contribution in [0.2, 0.25) is 0 Å². The fourth-order valence-corrected chi connectivity index (χ4v) is 2.00. The number of anilines is 1. The minimum absolute atomic E-state index is 0.0649. The molecule has 76 valence electrons. The van der Waals surface area contributed by atoms with Gasteiger partial charge in [0.15, 0.2) is 5.78 Å². The molecule has 2 aromatic heterocycles. The Kier molecular flexibility index (Phi) is 2.51. The second-order valence-corrected chi connectivity index (χ2v) is 4.35. The van der Waals surface area contributed by atoms with Gasteiger partial charge in [0, 0.05) is 33.9 Å². The SMILES string of the molecule is Cc1cc(C(=O)c2cnccc2N)cs1. The molecule has 0 radical (unpaired) electrons. The number of rotatable bonds is 2. The number of thiophene rings is 1. The van der Waals surface area contributed by atoms with Gasteiger partial charge in [0.1, 0.15) is 0 Å². The summed E-state index contributed by atoms with van der Waals surface area (Å²) in [6.07, 6.45) is 3.08. The maximum Gasteiger partial charge on any atom is 0.197 e. The van der Waals surface area contributed by atoms with E-state index in [9.17, 15) is 4.79 Å². The lowest BCUT2D eigenvalue weighted by molar-refractivity contribution is 0.103. The van der Waals surface area contributed by atoms with Crippen LogP contribution in [-0.4, -0.2) is 10.8 Å². The van der Waals surface area contributed by atoms with Crippen LogP contribution in [0.3, 0.4) is 0 Å². The molecule has 0 spiro atoms. The maximum absolute atomic E-state index is 12.0. The molecule has 0 saturated carbocycles. The predicted molar refractivity (Wildman–Crippen MR) is 61.1 cm³/mol. The lowest BCUT2D eigenvalue weighted by Crippen LogP contribution is -2.04. The Bertz CT molecular complexity index is 505. The fourth-order valence-electron chi connectivity index (χ4n) is 1.31. The van der Waals surface area contributed by atoms with Crippen molar-refractivity contribution in [2.45, 2.75) is 6.92 Å². The normalized spacial score (nSPS) is 10.2. The summed E-state index contributed by atoms with van der Waals surface area (Å²) in [5, 5.41) is 1.84. The highest BCUT2D eigenvalue weighted by atomic mass is 32.1. The first-order chi connectivity index (χ1) is 7.18. The summed E-state index contributed by atoms with van der Waals surface area (Å²) in [6.45, 7) is 1.97. The van der Waals surface area contributed by atoms with Gasteiger partial charge in [-0.3, -0.25) is 9.78 Å². The average molecular weight is 218 g/mol. The number of nitrogens with zero attached hydrogens (tertiary/aromatic N) is 1. The lowest BCUT2D eigenvalue weighted by atomic mass is 10.1. The van der Waals surface area contributed by atoms with Crippen LogP contribution >= 0.6 is 11.3 Å². The van der Waals surface area contributed by atoms with Gasteiger partial charge in [-0.15, -0.1) is 11.3 Å².